The molecule has 82 valence electrons. The first-order chi connectivity index (χ1) is 6.54. The Bertz CT molecular complexity index is 246. The van der Waals surface area contributed by atoms with E-state index < -0.39 is 14.4 Å². The van der Waals surface area contributed by atoms with E-state index in [1.165, 1.54) is 11.8 Å². The minimum absolute atomic E-state index is 0.147. The van der Waals surface area contributed by atoms with Gasteiger partial charge in [-0.25, -0.2) is 0 Å². The molecule has 0 aromatic rings. The van der Waals surface area contributed by atoms with E-state index in [0.29, 0.717) is 6.42 Å². The minimum atomic E-state index is -2.97. The predicted molar refractivity (Wildman–Crippen MR) is 49.0 cm³/mol. The van der Waals surface area contributed by atoms with E-state index in [2.05, 4.69) is 0 Å². The van der Waals surface area contributed by atoms with E-state index in [-0.39, 0.29) is 25.1 Å². The van der Waals surface area contributed by atoms with E-state index in [1.807, 2.05) is 0 Å². The van der Waals surface area contributed by atoms with Crippen LogP contribution in [0.4, 0.5) is 0 Å². The van der Waals surface area contributed by atoms with Gasteiger partial charge in [-0.3, -0.25) is 9.36 Å². The van der Waals surface area contributed by atoms with Gasteiger partial charge >= 0.3 is 8.25 Å². The van der Waals surface area contributed by atoms with Gasteiger partial charge in [-0.05, 0) is 6.42 Å². The second-order valence-corrected chi connectivity index (χ2v) is 4.02. The molecule has 0 aromatic heterocycles. The highest BCUT2D eigenvalue weighted by Gasteiger charge is 2.34. The molecule has 0 saturated carbocycles. The third-order valence-electron chi connectivity index (χ3n) is 2.26. The Hall–Kier alpha value is -0.420. The number of carbonyl (C=O) groups is 1. The average molecular weight is 223 g/mol. The standard InChI is InChI=1S/C7H14NO5P/c1-5(10)8-3-7(13-14(11)12)2-6(8)4-9/h6-7,9,14H,2-4H2,1H3,(H,11,12)/t6-,7+/m0/s1. The van der Waals surface area contributed by atoms with Crippen LogP contribution in [0.2, 0.25) is 0 Å². The van der Waals surface area contributed by atoms with Gasteiger partial charge in [0, 0.05) is 13.5 Å². The molecule has 0 aromatic carbocycles. The summed E-state index contributed by atoms with van der Waals surface area (Å²) in [5, 5.41) is 8.96. The second kappa shape index (κ2) is 4.89. The van der Waals surface area contributed by atoms with Gasteiger partial charge in [-0.1, -0.05) is 0 Å². The molecular formula is C7H14NO5P. The van der Waals surface area contributed by atoms with Crippen molar-refractivity contribution >= 4 is 14.2 Å². The Balaban J connectivity index is 2.56. The number of nitrogens with zero attached hydrogens (tertiary/aromatic N) is 1. The minimum Gasteiger partial charge on any atom is -0.394 e. The van der Waals surface area contributed by atoms with Gasteiger partial charge in [-0.2, -0.15) is 0 Å². The fourth-order valence-electron chi connectivity index (χ4n) is 1.66. The SMILES string of the molecule is CC(=O)N1C[C@H](O[PH](=O)O)C[C@H]1CO. The van der Waals surface area contributed by atoms with Crippen molar-refractivity contribution in [2.24, 2.45) is 0 Å². The zero-order valence-electron chi connectivity index (χ0n) is 7.84. The van der Waals surface area contributed by atoms with Crippen LogP contribution < -0.4 is 0 Å². The number of hydrogen-bond donors (Lipinski definition) is 2. The van der Waals surface area contributed by atoms with Crippen molar-refractivity contribution in [1.82, 2.24) is 4.90 Å². The van der Waals surface area contributed by atoms with Crippen molar-refractivity contribution < 1.29 is 23.9 Å². The highest BCUT2D eigenvalue weighted by molar-refractivity contribution is 7.32. The summed E-state index contributed by atoms with van der Waals surface area (Å²) in [6, 6.07) is -0.293. The topological polar surface area (TPSA) is 87.1 Å². The van der Waals surface area contributed by atoms with Crippen LogP contribution in [-0.4, -0.2) is 46.1 Å². The summed E-state index contributed by atoms with van der Waals surface area (Å²) >= 11 is 0. The van der Waals surface area contributed by atoms with Gasteiger partial charge < -0.3 is 19.4 Å². The van der Waals surface area contributed by atoms with Crippen LogP contribution in [-0.2, 0) is 13.9 Å². The molecule has 1 amide bonds. The van der Waals surface area contributed by atoms with E-state index >= 15 is 0 Å². The summed E-state index contributed by atoms with van der Waals surface area (Å²) in [4.78, 5) is 21.1. The number of amides is 1. The summed E-state index contributed by atoms with van der Waals surface area (Å²) in [6.07, 6.45) is -0.0278. The van der Waals surface area contributed by atoms with Crippen LogP contribution in [0.25, 0.3) is 0 Å². The molecule has 0 bridgehead atoms. The van der Waals surface area contributed by atoms with E-state index in [4.69, 9.17) is 14.5 Å². The number of carbonyl (C=O) groups excluding carboxylic acids is 1. The molecule has 0 radical (unpaired) electrons. The Kier molecular flexibility index (Phi) is 4.07. The molecule has 1 heterocycles. The van der Waals surface area contributed by atoms with Crippen LogP contribution in [0.15, 0.2) is 0 Å². The lowest BCUT2D eigenvalue weighted by Crippen LogP contribution is -2.36. The molecule has 1 fully saturated rings. The lowest BCUT2D eigenvalue weighted by atomic mass is 10.2. The summed E-state index contributed by atoms with van der Waals surface area (Å²) in [5.74, 6) is -0.159. The van der Waals surface area contributed by atoms with Gasteiger partial charge in [0.05, 0.1) is 18.8 Å². The van der Waals surface area contributed by atoms with Crippen molar-refractivity contribution in [2.75, 3.05) is 13.2 Å². The molecule has 1 aliphatic heterocycles. The lowest BCUT2D eigenvalue weighted by Gasteiger charge is -2.20. The monoisotopic (exact) mass is 223 g/mol. The van der Waals surface area contributed by atoms with Gasteiger partial charge in [0.25, 0.3) is 0 Å². The zero-order valence-corrected chi connectivity index (χ0v) is 8.84. The summed E-state index contributed by atoms with van der Waals surface area (Å²) in [7, 11) is -2.97. The first-order valence-electron chi connectivity index (χ1n) is 4.32. The predicted octanol–water partition coefficient (Wildman–Crippen LogP) is -0.633. The number of aliphatic hydroxyl groups excluding tert-OH is 1. The molecule has 0 aliphatic carbocycles. The Morgan fingerprint density at radius 1 is 1.71 bits per heavy atom. The van der Waals surface area contributed by atoms with E-state index in [9.17, 15) is 9.36 Å². The fourth-order valence-corrected chi connectivity index (χ4v) is 2.12. The largest absolute Gasteiger partial charge is 0.394 e. The fraction of sp³-hybridized carbons (Fsp3) is 0.857. The van der Waals surface area contributed by atoms with Gasteiger partial charge in [0.1, 0.15) is 0 Å². The highest BCUT2D eigenvalue weighted by Crippen LogP contribution is 2.27. The zero-order chi connectivity index (χ0) is 10.7. The maximum Gasteiger partial charge on any atom is 0.316 e. The van der Waals surface area contributed by atoms with E-state index in [1.54, 1.807) is 0 Å². The number of likely N-dealkylation sites (tertiary alicyclic amines) is 1. The lowest BCUT2D eigenvalue weighted by molar-refractivity contribution is -0.130. The molecule has 1 aliphatic rings. The second-order valence-electron chi connectivity index (χ2n) is 3.25. The Morgan fingerprint density at radius 2 is 2.36 bits per heavy atom. The summed E-state index contributed by atoms with van der Waals surface area (Å²) < 4.78 is 15.1. The maximum absolute atomic E-state index is 11.1. The Labute approximate surface area is 82.4 Å². The van der Waals surface area contributed by atoms with Crippen molar-refractivity contribution in [3.63, 3.8) is 0 Å². The first kappa shape index (κ1) is 11.7. The molecule has 6 nitrogen and oxygen atoms in total. The maximum atomic E-state index is 11.1. The van der Waals surface area contributed by atoms with E-state index in [0.717, 1.165) is 0 Å². The van der Waals surface area contributed by atoms with Gasteiger partial charge in [-0.15, -0.1) is 0 Å². The average Bonchev–Trinajstić information content (AvgIpc) is 2.46. The molecule has 2 N–H and O–H groups in total. The van der Waals surface area contributed by atoms with Crippen LogP contribution in [0.5, 0.6) is 0 Å². The van der Waals surface area contributed by atoms with Crippen molar-refractivity contribution in [2.45, 2.75) is 25.5 Å². The molecular weight excluding hydrogens is 209 g/mol. The van der Waals surface area contributed by atoms with Crippen molar-refractivity contribution in [3.05, 3.63) is 0 Å². The molecule has 0 spiro atoms. The molecule has 1 saturated heterocycles. The molecule has 1 unspecified atom stereocenters. The third kappa shape index (κ3) is 2.78. The van der Waals surface area contributed by atoms with Crippen LogP contribution in [0, 0.1) is 0 Å². The molecule has 7 heteroatoms. The normalized spacial score (nSPS) is 29.2. The quantitative estimate of drug-likeness (QED) is 0.622. The van der Waals surface area contributed by atoms with Gasteiger partial charge in [0.2, 0.25) is 5.91 Å². The van der Waals surface area contributed by atoms with Crippen molar-refractivity contribution in [1.29, 1.82) is 0 Å². The molecule has 14 heavy (non-hydrogen) atoms. The first-order valence-corrected chi connectivity index (χ1v) is 5.58. The number of aliphatic hydroxyl groups is 1. The molecule has 1 rings (SSSR count). The number of rotatable bonds is 3. The van der Waals surface area contributed by atoms with Crippen LogP contribution >= 0.6 is 8.25 Å². The summed E-state index contributed by atoms with van der Waals surface area (Å²) in [5.41, 5.74) is 0. The van der Waals surface area contributed by atoms with Crippen LogP contribution in [0.3, 0.4) is 0 Å². The molecule has 3 atom stereocenters. The van der Waals surface area contributed by atoms with Gasteiger partial charge in [0.15, 0.2) is 0 Å². The number of hydrogen-bond acceptors (Lipinski definition) is 4. The van der Waals surface area contributed by atoms with Crippen LogP contribution in [0.1, 0.15) is 13.3 Å². The summed E-state index contributed by atoms with van der Waals surface area (Å²) in [6.45, 7) is 1.52. The Morgan fingerprint density at radius 3 is 2.71 bits per heavy atom. The van der Waals surface area contributed by atoms with Crippen molar-refractivity contribution in [3.8, 4) is 0 Å². The highest BCUT2D eigenvalue weighted by atomic mass is 31.1. The smallest absolute Gasteiger partial charge is 0.316 e. The third-order valence-corrected chi connectivity index (χ3v) is 2.79.